The van der Waals surface area contributed by atoms with E-state index >= 15 is 0 Å². The molecule has 1 aromatic heterocycles. The average Bonchev–Trinajstić information content (AvgIpc) is 3.60. The average molecular weight is 621 g/mol. The van der Waals surface area contributed by atoms with Crippen LogP contribution in [0.1, 0.15) is 37.8 Å². The lowest BCUT2D eigenvalue weighted by Gasteiger charge is -2.40. The van der Waals surface area contributed by atoms with Crippen molar-refractivity contribution in [1.29, 1.82) is 0 Å². The van der Waals surface area contributed by atoms with Gasteiger partial charge in [0.15, 0.2) is 0 Å². The number of benzene rings is 2. The first-order chi connectivity index (χ1) is 20.2. The molecule has 0 spiro atoms. The number of nitrogens with zero attached hydrogens (tertiary/aromatic N) is 3. The number of amides is 4. The number of carbonyl (C=O) groups is 3. The number of urea groups is 1. The Labute approximate surface area is 246 Å². The van der Waals surface area contributed by atoms with Crippen molar-refractivity contribution < 1.29 is 40.4 Å². The maximum absolute atomic E-state index is 13.5. The SMILES string of the molecule is Cc1ccc2oc(S(=O)(=O)N3CCC[C@H]3C(=O)NCC3CN(c4ccc(C(F)(F)F)cc4)C(=O)N(C(C)C)C3=O)cc2c1. The van der Waals surface area contributed by atoms with Gasteiger partial charge in [-0.3, -0.25) is 19.4 Å². The summed E-state index contributed by atoms with van der Waals surface area (Å²) in [7, 11) is -4.15. The van der Waals surface area contributed by atoms with Gasteiger partial charge in [0.1, 0.15) is 11.6 Å². The summed E-state index contributed by atoms with van der Waals surface area (Å²) < 4.78 is 72.9. The van der Waals surface area contributed by atoms with Crippen LogP contribution in [0.5, 0.6) is 0 Å². The van der Waals surface area contributed by atoms with Crippen LogP contribution in [-0.4, -0.2) is 67.2 Å². The van der Waals surface area contributed by atoms with Gasteiger partial charge in [-0.05, 0) is 70.0 Å². The van der Waals surface area contributed by atoms with Crippen LogP contribution in [0, 0.1) is 12.8 Å². The predicted molar refractivity (Wildman–Crippen MR) is 151 cm³/mol. The van der Waals surface area contributed by atoms with Gasteiger partial charge in [-0.25, -0.2) is 13.2 Å². The lowest BCUT2D eigenvalue weighted by Crippen LogP contribution is -2.61. The summed E-state index contributed by atoms with van der Waals surface area (Å²) in [5, 5.41) is 3.03. The second-order valence-electron chi connectivity index (χ2n) is 11.1. The third-order valence-corrected chi connectivity index (χ3v) is 9.45. The van der Waals surface area contributed by atoms with Crippen molar-refractivity contribution in [2.75, 3.05) is 24.5 Å². The van der Waals surface area contributed by atoms with Crippen molar-refractivity contribution in [2.45, 2.75) is 57.0 Å². The van der Waals surface area contributed by atoms with Crippen LogP contribution >= 0.6 is 0 Å². The number of anilines is 1. The molecule has 2 aliphatic rings. The third-order valence-electron chi connectivity index (χ3n) is 7.69. The lowest BCUT2D eigenvalue weighted by atomic mass is 10.0. The first kappa shape index (κ1) is 30.5. The van der Waals surface area contributed by atoms with E-state index in [-0.39, 0.29) is 36.8 Å². The molecule has 0 radical (unpaired) electrons. The lowest BCUT2D eigenvalue weighted by molar-refractivity contribution is -0.137. The number of furan rings is 1. The number of hydrogen-bond acceptors (Lipinski definition) is 6. The molecule has 0 saturated carbocycles. The number of aryl methyl sites for hydroxylation is 1. The summed E-state index contributed by atoms with van der Waals surface area (Å²) in [6.45, 7) is 4.84. The largest absolute Gasteiger partial charge is 0.443 e. The first-order valence-corrected chi connectivity index (χ1v) is 15.2. The maximum atomic E-state index is 13.5. The smallest absolute Gasteiger partial charge is 0.416 e. The van der Waals surface area contributed by atoms with E-state index < -0.39 is 57.6 Å². The Bertz CT molecular complexity index is 1670. The molecular formula is C29H31F3N4O6S. The molecule has 3 heterocycles. The molecule has 10 nitrogen and oxygen atoms in total. The number of halogens is 3. The zero-order valence-corrected chi connectivity index (χ0v) is 24.5. The number of sulfonamides is 1. The molecule has 230 valence electrons. The summed E-state index contributed by atoms with van der Waals surface area (Å²) in [5.41, 5.74) is 0.626. The minimum atomic E-state index is -4.55. The van der Waals surface area contributed by atoms with E-state index in [1.54, 1.807) is 32.0 Å². The molecule has 2 saturated heterocycles. The van der Waals surface area contributed by atoms with Gasteiger partial charge < -0.3 is 9.73 Å². The highest BCUT2D eigenvalue weighted by Crippen LogP contribution is 2.33. The Kier molecular flexibility index (Phi) is 8.03. The standard InChI is InChI=1S/C29H31F3N4O6S/c1-17(2)36-27(38)20(16-34(28(36)39)22-9-7-21(8-10-22)29(30,31)32)15-33-26(37)23-5-4-12-35(23)43(40,41)25-14-19-13-18(3)6-11-24(19)42-25/h6-11,13-14,17,20,23H,4-5,12,15-16H2,1-3H3,(H,33,37)/t20?,23-/m0/s1. The number of carbonyl (C=O) groups excluding carboxylic acids is 3. The van der Waals surface area contributed by atoms with Crippen LogP contribution in [0.3, 0.4) is 0 Å². The molecule has 5 rings (SSSR count). The molecule has 0 aliphatic carbocycles. The highest BCUT2D eigenvalue weighted by molar-refractivity contribution is 7.89. The summed E-state index contributed by atoms with van der Waals surface area (Å²) in [4.78, 5) is 41.9. The molecule has 1 N–H and O–H groups in total. The Balaban J connectivity index is 1.32. The number of fused-ring (bicyclic) bond motifs is 1. The van der Waals surface area contributed by atoms with Crippen LogP contribution < -0.4 is 10.2 Å². The zero-order chi connectivity index (χ0) is 31.3. The minimum Gasteiger partial charge on any atom is -0.443 e. The van der Waals surface area contributed by atoms with Crippen molar-refractivity contribution >= 4 is 44.5 Å². The zero-order valence-electron chi connectivity index (χ0n) is 23.7. The second-order valence-corrected chi connectivity index (χ2v) is 12.9. The highest BCUT2D eigenvalue weighted by Gasteiger charge is 2.44. The first-order valence-electron chi connectivity index (χ1n) is 13.8. The molecule has 1 unspecified atom stereocenters. The van der Waals surface area contributed by atoms with Crippen molar-refractivity contribution in [3.05, 3.63) is 59.7 Å². The van der Waals surface area contributed by atoms with Gasteiger partial charge in [-0.2, -0.15) is 17.5 Å². The molecule has 2 aliphatic heterocycles. The molecule has 2 fully saturated rings. The molecule has 4 amide bonds. The highest BCUT2D eigenvalue weighted by atomic mass is 32.2. The number of imide groups is 1. The molecule has 0 bridgehead atoms. The van der Waals surface area contributed by atoms with Gasteiger partial charge in [0.2, 0.25) is 16.9 Å². The van der Waals surface area contributed by atoms with Crippen molar-refractivity contribution in [1.82, 2.24) is 14.5 Å². The van der Waals surface area contributed by atoms with E-state index in [9.17, 15) is 36.0 Å². The monoisotopic (exact) mass is 620 g/mol. The van der Waals surface area contributed by atoms with Gasteiger partial charge in [0.05, 0.1) is 11.5 Å². The van der Waals surface area contributed by atoms with Gasteiger partial charge >= 0.3 is 12.2 Å². The van der Waals surface area contributed by atoms with Gasteiger partial charge in [0, 0.05) is 42.8 Å². The summed E-state index contributed by atoms with van der Waals surface area (Å²) >= 11 is 0. The molecule has 2 atom stereocenters. The van der Waals surface area contributed by atoms with E-state index in [0.29, 0.717) is 17.4 Å². The van der Waals surface area contributed by atoms with Crippen LogP contribution in [0.2, 0.25) is 0 Å². The molecular weight excluding hydrogens is 589 g/mol. The van der Waals surface area contributed by atoms with E-state index in [1.165, 1.54) is 11.0 Å². The normalized spacial score (nSPS) is 20.4. The maximum Gasteiger partial charge on any atom is 0.416 e. The predicted octanol–water partition coefficient (Wildman–Crippen LogP) is 4.52. The Morgan fingerprint density at radius 1 is 1.09 bits per heavy atom. The minimum absolute atomic E-state index is 0.107. The van der Waals surface area contributed by atoms with Crippen LogP contribution in [0.25, 0.3) is 11.0 Å². The van der Waals surface area contributed by atoms with Crippen molar-refractivity contribution in [3.8, 4) is 0 Å². The quantitative estimate of drug-likeness (QED) is 0.415. The van der Waals surface area contributed by atoms with Gasteiger partial charge in [-0.1, -0.05) is 11.6 Å². The Hall–Kier alpha value is -3.91. The Morgan fingerprint density at radius 2 is 1.79 bits per heavy atom. The van der Waals surface area contributed by atoms with E-state index in [1.807, 2.05) is 6.92 Å². The molecule has 14 heteroatoms. The fraction of sp³-hybridized carbons (Fsp3) is 0.414. The molecule has 43 heavy (non-hydrogen) atoms. The van der Waals surface area contributed by atoms with E-state index in [0.717, 1.165) is 39.0 Å². The number of hydrogen-bond donors (Lipinski definition) is 1. The summed E-state index contributed by atoms with van der Waals surface area (Å²) in [6.07, 6.45) is -3.85. The van der Waals surface area contributed by atoms with Crippen LogP contribution in [0.4, 0.5) is 23.7 Å². The number of alkyl halides is 3. The van der Waals surface area contributed by atoms with Gasteiger partial charge in [-0.15, -0.1) is 0 Å². The third kappa shape index (κ3) is 5.85. The number of nitrogens with one attached hydrogen (secondary N) is 1. The molecule has 2 aromatic carbocycles. The Morgan fingerprint density at radius 3 is 2.44 bits per heavy atom. The van der Waals surface area contributed by atoms with E-state index in [2.05, 4.69) is 5.32 Å². The topological polar surface area (TPSA) is 120 Å². The van der Waals surface area contributed by atoms with Crippen LogP contribution in [0.15, 0.2) is 58.0 Å². The summed E-state index contributed by atoms with van der Waals surface area (Å²) in [6, 6.07) is 8.46. The van der Waals surface area contributed by atoms with Crippen LogP contribution in [-0.2, 0) is 25.8 Å². The van der Waals surface area contributed by atoms with E-state index in [4.69, 9.17) is 4.42 Å². The van der Waals surface area contributed by atoms with Gasteiger partial charge in [0.25, 0.3) is 10.0 Å². The summed E-state index contributed by atoms with van der Waals surface area (Å²) in [5.74, 6) is -2.07. The molecule has 3 aromatic rings. The van der Waals surface area contributed by atoms with Crippen molar-refractivity contribution in [3.63, 3.8) is 0 Å². The number of rotatable bonds is 7. The van der Waals surface area contributed by atoms with Crippen molar-refractivity contribution in [2.24, 2.45) is 5.92 Å². The fourth-order valence-electron chi connectivity index (χ4n) is 5.48. The fourth-order valence-corrected chi connectivity index (χ4v) is 7.09. The second kappa shape index (κ2) is 11.3.